The van der Waals surface area contributed by atoms with E-state index in [0.29, 0.717) is 13.2 Å². The highest BCUT2D eigenvalue weighted by atomic mass is 16.6. The number of carbonyl (C=O) groups is 1. The lowest BCUT2D eigenvalue weighted by atomic mass is 9.84. The summed E-state index contributed by atoms with van der Waals surface area (Å²) in [5.41, 5.74) is 5.24. The molecule has 3 aromatic rings. The Kier molecular flexibility index (Phi) is 8.51. The minimum absolute atomic E-state index is 0.0702. The van der Waals surface area contributed by atoms with Crippen molar-refractivity contribution in [1.29, 1.82) is 0 Å². The van der Waals surface area contributed by atoms with E-state index < -0.39 is 5.60 Å². The molecule has 0 aromatic heterocycles. The zero-order valence-electron chi connectivity index (χ0n) is 21.2. The van der Waals surface area contributed by atoms with Crippen molar-refractivity contribution in [3.63, 3.8) is 0 Å². The molecule has 0 spiro atoms. The molecule has 0 heterocycles. The first-order valence-corrected chi connectivity index (χ1v) is 11.8. The van der Waals surface area contributed by atoms with Crippen LogP contribution in [0.15, 0.2) is 78.9 Å². The van der Waals surface area contributed by atoms with Crippen LogP contribution in [0.3, 0.4) is 0 Å². The van der Waals surface area contributed by atoms with E-state index in [4.69, 9.17) is 9.47 Å². The maximum atomic E-state index is 13.1. The van der Waals surface area contributed by atoms with Crippen molar-refractivity contribution in [1.82, 2.24) is 4.90 Å². The third kappa shape index (κ3) is 7.19. The Bertz CT molecular complexity index is 998. The first-order valence-electron chi connectivity index (χ1n) is 11.8. The average Bonchev–Trinajstić information content (AvgIpc) is 2.77. The Morgan fingerprint density at radius 3 is 1.82 bits per heavy atom. The second-order valence-corrected chi connectivity index (χ2v) is 9.97. The lowest BCUT2D eigenvalue weighted by Crippen LogP contribution is -2.46. The summed E-state index contributed by atoms with van der Waals surface area (Å²) in [6, 6.07) is 26.8. The van der Waals surface area contributed by atoms with E-state index in [9.17, 15) is 4.79 Å². The monoisotopic (exact) mass is 459 g/mol. The van der Waals surface area contributed by atoms with Crippen LogP contribution in [0.1, 0.15) is 54.5 Å². The summed E-state index contributed by atoms with van der Waals surface area (Å²) >= 11 is 0. The molecule has 0 bridgehead atoms. The molecule has 0 aliphatic carbocycles. The van der Waals surface area contributed by atoms with E-state index in [1.807, 2.05) is 57.2 Å². The van der Waals surface area contributed by atoms with Gasteiger partial charge in [-0.2, -0.15) is 0 Å². The molecule has 0 radical (unpaired) electrons. The molecule has 0 aliphatic heterocycles. The molecule has 1 atom stereocenters. The second kappa shape index (κ2) is 11.3. The number of aryl methyl sites for hydroxylation is 2. The summed E-state index contributed by atoms with van der Waals surface area (Å²) < 4.78 is 12.0. The summed E-state index contributed by atoms with van der Waals surface area (Å²) in [7, 11) is 1.80. The Balaban J connectivity index is 1.93. The third-order valence-corrected chi connectivity index (χ3v) is 5.72. The molecular formula is C30H37NO3. The van der Waals surface area contributed by atoms with Gasteiger partial charge in [0, 0.05) is 13.0 Å². The van der Waals surface area contributed by atoms with Gasteiger partial charge in [0.05, 0.1) is 19.3 Å². The van der Waals surface area contributed by atoms with Crippen LogP contribution < -0.4 is 0 Å². The summed E-state index contributed by atoms with van der Waals surface area (Å²) in [5, 5.41) is 0. The minimum atomic E-state index is -0.579. The molecule has 0 saturated heterocycles. The van der Waals surface area contributed by atoms with Crippen molar-refractivity contribution in [2.24, 2.45) is 0 Å². The predicted molar refractivity (Wildman–Crippen MR) is 138 cm³/mol. The van der Waals surface area contributed by atoms with Crippen molar-refractivity contribution in [2.75, 3.05) is 13.7 Å². The van der Waals surface area contributed by atoms with Gasteiger partial charge in [0.1, 0.15) is 5.60 Å². The van der Waals surface area contributed by atoms with E-state index in [-0.39, 0.29) is 18.1 Å². The zero-order chi connectivity index (χ0) is 24.7. The molecule has 34 heavy (non-hydrogen) atoms. The minimum Gasteiger partial charge on any atom is -0.444 e. The van der Waals surface area contributed by atoms with Gasteiger partial charge in [-0.05, 0) is 51.3 Å². The van der Waals surface area contributed by atoms with Crippen molar-refractivity contribution in [3.05, 3.63) is 107 Å². The molecule has 3 rings (SSSR count). The highest BCUT2D eigenvalue weighted by Gasteiger charge is 2.33. The van der Waals surface area contributed by atoms with Crippen LogP contribution in [0.25, 0.3) is 0 Å². The van der Waals surface area contributed by atoms with Gasteiger partial charge in [-0.1, -0.05) is 90.0 Å². The lowest BCUT2D eigenvalue weighted by Gasteiger charge is -2.36. The van der Waals surface area contributed by atoms with Crippen molar-refractivity contribution in [3.8, 4) is 0 Å². The Hall–Kier alpha value is -3.11. The molecule has 1 amide bonds. The van der Waals surface area contributed by atoms with E-state index in [2.05, 4.69) is 56.3 Å². The first-order chi connectivity index (χ1) is 16.1. The van der Waals surface area contributed by atoms with Gasteiger partial charge in [0.2, 0.25) is 0 Å². The fourth-order valence-corrected chi connectivity index (χ4v) is 4.31. The maximum absolute atomic E-state index is 13.1. The number of benzene rings is 3. The SMILES string of the molecule is Cc1cc(C)cc(COCC(C(c2ccccc2)c2ccccc2)N(C)C(=O)OC(C)(C)C)c1. The van der Waals surface area contributed by atoms with Gasteiger partial charge in [-0.3, -0.25) is 0 Å². The highest BCUT2D eigenvalue weighted by Crippen LogP contribution is 2.32. The molecule has 1 unspecified atom stereocenters. The number of carbonyl (C=O) groups excluding carboxylic acids is 1. The van der Waals surface area contributed by atoms with Gasteiger partial charge in [0.15, 0.2) is 0 Å². The van der Waals surface area contributed by atoms with Crippen molar-refractivity contribution < 1.29 is 14.3 Å². The second-order valence-electron chi connectivity index (χ2n) is 9.97. The van der Waals surface area contributed by atoms with E-state index in [1.165, 1.54) is 11.1 Å². The molecule has 0 saturated carbocycles. The normalized spacial score (nSPS) is 12.4. The largest absolute Gasteiger partial charge is 0.444 e. The average molecular weight is 460 g/mol. The lowest BCUT2D eigenvalue weighted by molar-refractivity contribution is 0.00346. The van der Waals surface area contributed by atoms with Crippen LogP contribution in [-0.2, 0) is 16.1 Å². The topological polar surface area (TPSA) is 38.8 Å². The Labute approximate surface area is 204 Å². The summed E-state index contributed by atoms with van der Waals surface area (Å²) in [6.07, 6.45) is -0.357. The van der Waals surface area contributed by atoms with E-state index >= 15 is 0 Å². The fraction of sp³-hybridized carbons (Fsp3) is 0.367. The number of likely N-dealkylation sites (N-methyl/N-ethyl adjacent to an activating group) is 1. The molecular weight excluding hydrogens is 422 g/mol. The van der Waals surface area contributed by atoms with Crippen LogP contribution in [0.4, 0.5) is 4.79 Å². The molecule has 0 N–H and O–H groups in total. The fourth-order valence-electron chi connectivity index (χ4n) is 4.31. The molecule has 4 nitrogen and oxygen atoms in total. The van der Waals surface area contributed by atoms with Crippen LogP contribution in [0.2, 0.25) is 0 Å². The van der Waals surface area contributed by atoms with Crippen LogP contribution in [-0.4, -0.2) is 36.3 Å². The zero-order valence-corrected chi connectivity index (χ0v) is 21.2. The van der Waals surface area contributed by atoms with E-state index in [1.54, 1.807) is 11.9 Å². The Morgan fingerprint density at radius 1 is 0.853 bits per heavy atom. The van der Waals surface area contributed by atoms with Gasteiger partial charge < -0.3 is 14.4 Å². The van der Waals surface area contributed by atoms with Gasteiger partial charge in [-0.25, -0.2) is 4.79 Å². The van der Waals surface area contributed by atoms with Crippen LogP contribution >= 0.6 is 0 Å². The molecule has 180 valence electrons. The van der Waals surface area contributed by atoms with Gasteiger partial charge >= 0.3 is 6.09 Å². The van der Waals surface area contributed by atoms with Gasteiger partial charge in [-0.15, -0.1) is 0 Å². The number of nitrogens with zero attached hydrogens (tertiary/aromatic N) is 1. The number of rotatable bonds is 8. The molecule has 3 aromatic carbocycles. The van der Waals surface area contributed by atoms with Gasteiger partial charge in [0.25, 0.3) is 0 Å². The van der Waals surface area contributed by atoms with E-state index in [0.717, 1.165) is 16.7 Å². The first kappa shape index (κ1) is 25.5. The maximum Gasteiger partial charge on any atom is 0.410 e. The highest BCUT2D eigenvalue weighted by molar-refractivity contribution is 5.68. The molecule has 4 heteroatoms. The van der Waals surface area contributed by atoms with Crippen LogP contribution in [0.5, 0.6) is 0 Å². The number of hydrogen-bond donors (Lipinski definition) is 0. The standard InChI is InChI=1S/C30H37NO3/c1-22-17-23(2)19-24(18-22)20-33-21-27(31(6)29(32)34-30(3,4)5)28(25-13-9-7-10-14-25)26-15-11-8-12-16-26/h7-19,27-28H,20-21H2,1-6H3. The summed E-state index contributed by atoms with van der Waals surface area (Å²) in [6.45, 7) is 10.7. The quantitative estimate of drug-likeness (QED) is 0.368. The predicted octanol–water partition coefficient (Wildman–Crippen LogP) is 6.89. The Morgan fingerprint density at radius 2 is 1.35 bits per heavy atom. The van der Waals surface area contributed by atoms with Crippen LogP contribution in [0, 0.1) is 13.8 Å². The third-order valence-electron chi connectivity index (χ3n) is 5.72. The number of hydrogen-bond acceptors (Lipinski definition) is 3. The summed E-state index contributed by atoms with van der Waals surface area (Å²) in [4.78, 5) is 14.8. The smallest absolute Gasteiger partial charge is 0.410 e. The molecule has 0 aliphatic rings. The number of ether oxygens (including phenoxy) is 2. The summed E-state index contributed by atoms with van der Waals surface area (Å²) in [5.74, 6) is -0.0702. The van der Waals surface area contributed by atoms with Crippen molar-refractivity contribution >= 4 is 6.09 Å². The number of amides is 1. The van der Waals surface area contributed by atoms with Crippen molar-refractivity contribution in [2.45, 2.75) is 58.8 Å². The molecule has 0 fully saturated rings.